The van der Waals surface area contributed by atoms with Crippen molar-refractivity contribution in [3.05, 3.63) is 72.3 Å². The Bertz CT molecular complexity index is 840. The molecule has 1 amide bonds. The minimum atomic E-state index is -0.295. The minimum Gasteiger partial charge on any atom is -0.493 e. The minimum absolute atomic E-state index is 0.0532. The molecular formula is C21H21NO4. The van der Waals surface area contributed by atoms with E-state index in [1.165, 1.54) is 13.0 Å². The molecule has 134 valence electrons. The number of Topliss-reactive ketones (excluding diaryl/α,β-unsaturated/α-hetero) is 1. The van der Waals surface area contributed by atoms with Crippen molar-refractivity contribution in [3.63, 3.8) is 0 Å². The van der Waals surface area contributed by atoms with Crippen LogP contribution in [0.25, 0.3) is 6.08 Å². The van der Waals surface area contributed by atoms with E-state index in [1.807, 2.05) is 6.07 Å². The van der Waals surface area contributed by atoms with Crippen molar-refractivity contribution < 1.29 is 19.1 Å². The van der Waals surface area contributed by atoms with Crippen LogP contribution in [0.15, 0.2) is 61.2 Å². The third kappa shape index (κ3) is 5.34. The summed E-state index contributed by atoms with van der Waals surface area (Å²) in [6.07, 6.45) is 4.74. The van der Waals surface area contributed by atoms with E-state index in [-0.39, 0.29) is 11.7 Å². The van der Waals surface area contributed by atoms with Crippen LogP contribution in [0.2, 0.25) is 0 Å². The van der Waals surface area contributed by atoms with Gasteiger partial charge in [0, 0.05) is 17.3 Å². The summed E-state index contributed by atoms with van der Waals surface area (Å²) in [4.78, 5) is 23.5. The van der Waals surface area contributed by atoms with Crippen LogP contribution in [0.4, 0.5) is 5.69 Å². The number of rotatable bonds is 8. The first-order valence-electron chi connectivity index (χ1n) is 8.05. The summed E-state index contributed by atoms with van der Waals surface area (Å²) in [7, 11) is 1.55. The highest BCUT2D eigenvalue weighted by atomic mass is 16.5. The van der Waals surface area contributed by atoms with Crippen LogP contribution in [0.3, 0.4) is 0 Å². The summed E-state index contributed by atoms with van der Waals surface area (Å²) in [5.74, 6) is 0.831. The zero-order valence-electron chi connectivity index (χ0n) is 14.8. The van der Waals surface area contributed by atoms with Crippen molar-refractivity contribution in [1.82, 2.24) is 0 Å². The van der Waals surface area contributed by atoms with Crippen LogP contribution in [0.1, 0.15) is 22.8 Å². The summed E-state index contributed by atoms with van der Waals surface area (Å²) < 4.78 is 10.8. The van der Waals surface area contributed by atoms with E-state index in [1.54, 1.807) is 55.7 Å². The fourth-order valence-corrected chi connectivity index (χ4v) is 2.23. The number of nitrogens with one attached hydrogen (secondary N) is 1. The summed E-state index contributed by atoms with van der Waals surface area (Å²) >= 11 is 0. The molecule has 0 spiro atoms. The molecule has 2 rings (SSSR count). The molecule has 0 atom stereocenters. The van der Waals surface area contributed by atoms with Crippen molar-refractivity contribution in [2.45, 2.75) is 6.92 Å². The van der Waals surface area contributed by atoms with E-state index in [2.05, 4.69) is 11.9 Å². The molecule has 0 aromatic heterocycles. The van der Waals surface area contributed by atoms with Gasteiger partial charge in [0.2, 0.25) is 5.91 Å². The predicted molar refractivity (Wildman–Crippen MR) is 103 cm³/mol. The molecule has 2 aromatic rings. The topological polar surface area (TPSA) is 64.6 Å². The number of methoxy groups -OCH3 is 1. The van der Waals surface area contributed by atoms with E-state index < -0.39 is 0 Å². The number of carbonyl (C=O) groups excluding carboxylic acids is 2. The maximum absolute atomic E-state index is 12.1. The van der Waals surface area contributed by atoms with Gasteiger partial charge >= 0.3 is 0 Å². The number of ketones is 1. The molecular weight excluding hydrogens is 330 g/mol. The van der Waals surface area contributed by atoms with Gasteiger partial charge in [0.05, 0.1) is 7.11 Å². The molecule has 0 saturated heterocycles. The van der Waals surface area contributed by atoms with Gasteiger partial charge < -0.3 is 14.8 Å². The molecule has 0 radical (unpaired) electrons. The average Bonchev–Trinajstić information content (AvgIpc) is 2.65. The highest BCUT2D eigenvalue weighted by molar-refractivity contribution is 6.03. The second-order valence-electron chi connectivity index (χ2n) is 5.47. The van der Waals surface area contributed by atoms with E-state index in [0.29, 0.717) is 29.4 Å². The molecule has 0 aliphatic carbocycles. The largest absolute Gasteiger partial charge is 0.493 e. The number of amides is 1. The molecule has 0 fully saturated rings. The highest BCUT2D eigenvalue weighted by Crippen LogP contribution is 2.28. The molecule has 0 saturated carbocycles. The van der Waals surface area contributed by atoms with Gasteiger partial charge in [-0.1, -0.05) is 30.9 Å². The van der Waals surface area contributed by atoms with Gasteiger partial charge in [0.15, 0.2) is 17.3 Å². The SMILES string of the molecule is C=CCOc1ccc(/C=C/C(=O)Nc2cccc(C(C)=O)c2)cc1OC. The lowest BCUT2D eigenvalue weighted by Crippen LogP contribution is -2.08. The molecule has 26 heavy (non-hydrogen) atoms. The molecule has 1 N–H and O–H groups in total. The van der Waals surface area contributed by atoms with Crippen LogP contribution in [0.5, 0.6) is 11.5 Å². The Morgan fingerprint density at radius 3 is 2.65 bits per heavy atom. The number of hydrogen-bond donors (Lipinski definition) is 1. The summed E-state index contributed by atoms with van der Waals surface area (Å²) in [6, 6.07) is 12.2. The van der Waals surface area contributed by atoms with Gasteiger partial charge in [-0.2, -0.15) is 0 Å². The number of anilines is 1. The second-order valence-corrected chi connectivity index (χ2v) is 5.47. The lowest BCUT2D eigenvalue weighted by Gasteiger charge is -2.09. The van der Waals surface area contributed by atoms with Crippen LogP contribution < -0.4 is 14.8 Å². The number of benzene rings is 2. The van der Waals surface area contributed by atoms with E-state index in [0.717, 1.165) is 5.56 Å². The van der Waals surface area contributed by atoms with Crippen molar-refractivity contribution in [2.75, 3.05) is 19.0 Å². The Balaban J connectivity index is 2.06. The molecule has 0 aliphatic heterocycles. The lowest BCUT2D eigenvalue weighted by molar-refractivity contribution is -0.111. The van der Waals surface area contributed by atoms with Gasteiger partial charge in [0.1, 0.15) is 6.61 Å². The summed E-state index contributed by atoms with van der Waals surface area (Å²) in [5, 5.41) is 2.73. The fourth-order valence-electron chi connectivity index (χ4n) is 2.23. The standard InChI is InChI=1S/C21H21NO4/c1-4-12-26-19-10-8-16(13-20(19)25-3)9-11-21(24)22-18-7-5-6-17(14-18)15(2)23/h4-11,13-14H,1,12H2,2-3H3,(H,22,24)/b11-9+. The van der Waals surface area contributed by atoms with Crippen LogP contribution in [-0.4, -0.2) is 25.4 Å². The van der Waals surface area contributed by atoms with E-state index in [4.69, 9.17) is 9.47 Å². The quantitative estimate of drug-likeness (QED) is 0.441. The average molecular weight is 351 g/mol. The number of ether oxygens (including phenoxy) is 2. The van der Waals surface area contributed by atoms with E-state index in [9.17, 15) is 9.59 Å². The fraction of sp³-hybridized carbons (Fsp3) is 0.143. The summed E-state index contributed by atoms with van der Waals surface area (Å²) in [6.45, 7) is 5.47. The molecule has 5 nitrogen and oxygen atoms in total. The maximum Gasteiger partial charge on any atom is 0.248 e. The Morgan fingerprint density at radius 1 is 1.15 bits per heavy atom. The highest BCUT2D eigenvalue weighted by Gasteiger charge is 2.05. The Labute approximate surface area is 152 Å². The summed E-state index contributed by atoms with van der Waals surface area (Å²) in [5.41, 5.74) is 1.91. The molecule has 0 bridgehead atoms. The zero-order valence-corrected chi connectivity index (χ0v) is 14.8. The van der Waals surface area contributed by atoms with Gasteiger partial charge in [-0.05, 0) is 42.8 Å². The van der Waals surface area contributed by atoms with Crippen molar-refractivity contribution >= 4 is 23.5 Å². The van der Waals surface area contributed by atoms with Crippen LogP contribution in [-0.2, 0) is 4.79 Å². The van der Waals surface area contributed by atoms with Crippen LogP contribution in [0, 0.1) is 0 Å². The second kappa shape index (κ2) is 9.22. The van der Waals surface area contributed by atoms with Crippen molar-refractivity contribution in [2.24, 2.45) is 0 Å². The lowest BCUT2D eigenvalue weighted by atomic mass is 10.1. The molecule has 0 heterocycles. The Morgan fingerprint density at radius 2 is 1.96 bits per heavy atom. The van der Waals surface area contributed by atoms with Crippen molar-refractivity contribution in [1.29, 1.82) is 0 Å². The monoisotopic (exact) mass is 351 g/mol. The van der Waals surface area contributed by atoms with E-state index >= 15 is 0 Å². The zero-order chi connectivity index (χ0) is 18.9. The normalized spacial score (nSPS) is 10.4. The Kier molecular flexibility index (Phi) is 6.74. The smallest absolute Gasteiger partial charge is 0.248 e. The first-order chi connectivity index (χ1) is 12.5. The maximum atomic E-state index is 12.1. The van der Waals surface area contributed by atoms with Gasteiger partial charge in [-0.25, -0.2) is 0 Å². The number of carbonyl (C=O) groups is 2. The Hall–Kier alpha value is -3.34. The van der Waals surface area contributed by atoms with Crippen LogP contribution >= 0.6 is 0 Å². The van der Waals surface area contributed by atoms with Gasteiger partial charge in [-0.15, -0.1) is 0 Å². The molecule has 2 aromatic carbocycles. The molecule has 5 heteroatoms. The first-order valence-corrected chi connectivity index (χ1v) is 8.05. The number of hydrogen-bond acceptors (Lipinski definition) is 4. The van der Waals surface area contributed by atoms with Gasteiger partial charge in [0.25, 0.3) is 0 Å². The third-order valence-electron chi connectivity index (χ3n) is 3.51. The first kappa shape index (κ1) is 19.0. The third-order valence-corrected chi connectivity index (χ3v) is 3.51. The molecule has 0 unspecified atom stereocenters. The predicted octanol–water partition coefficient (Wildman–Crippen LogP) is 4.11. The van der Waals surface area contributed by atoms with Crippen molar-refractivity contribution in [3.8, 4) is 11.5 Å². The van der Waals surface area contributed by atoms with Gasteiger partial charge in [-0.3, -0.25) is 9.59 Å². The molecule has 0 aliphatic rings.